The highest BCUT2D eigenvalue weighted by Crippen LogP contribution is 2.40. The quantitative estimate of drug-likeness (QED) is 0.668. The third-order valence-corrected chi connectivity index (χ3v) is 8.26. The number of hydrogen-bond acceptors (Lipinski definition) is 5. The minimum Gasteiger partial charge on any atom is -0.372 e. The van der Waals surface area contributed by atoms with Crippen molar-refractivity contribution >= 4 is 23.4 Å². The fraction of sp³-hybridized carbons (Fsp3) is 0.593. The van der Waals surface area contributed by atoms with E-state index in [1.54, 1.807) is 19.3 Å². The van der Waals surface area contributed by atoms with Crippen molar-refractivity contribution in [3.8, 4) is 0 Å². The van der Waals surface area contributed by atoms with Crippen molar-refractivity contribution in [3.05, 3.63) is 41.6 Å². The molecule has 0 unspecified atom stereocenters. The van der Waals surface area contributed by atoms with Gasteiger partial charge in [-0.1, -0.05) is 6.07 Å². The van der Waals surface area contributed by atoms with Crippen molar-refractivity contribution < 1.29 is 9.59 Å². The maximum absolute atomic E-state index is 13.1. The Morgan fingerprint density at radius 3 is 2.46 bits per heavy atom. The van der Waals surface area contributed by atoms with Crippen LogP contribution in [0.3, 0.4) is 0 Å². The lowest BCUT2D eigenvalue weighted by Crippen LogP contribution is -2.53. The van der Waals surface area contributed by atoms with Crippen LogP contribution in [0.4, 0.5) is 16.3 Å². The number of amides is 2. The van der Waals surface area contributed by atoms with Gasteiger partial charge in [0, 0.05) is 70.2 Å². The Labute approximate surface area is 208 Å². The van der Waals surface area contributed by atoms with Gasteiger partial charge in [-0.25, -0.2) is 4.79 Å². The van der Waals surface area contributed by atoms with Crippen molar-refractivity contribution in [3.63, 3.8) is 0 Å². The van der Waals surface area contributed by atoms with Gasteiger partial charge in [0.25, 0.3) is 0 Å². The van der Waals surface area contributed by atoms with Crippen LogP contribution in [0, 0.1) is 6.92 Å². The van der Waals surface area contributed by atoms with Gasteiger partial charge in [-0.15, -0.1) is 5.10 Å². The Hall–Kier alpha value is -2.87. The van der Waals surface area contributed by atoms with Crippen LogP contribution in [0.5, 0.6) is 0 Å². The average molecular weight is 479 g/mol. The molecule has 8 nitrogen and oxygen atoms in total. The van der Waals surface area contributed by atoms with E-state index in [4.69, 9.17) is 0 Å². The molecule has 0 radical (unpaired) electrons. The minimum absolute atomic E-state index is 0.106. The largest absolute Gasteiger partial charge is 0.372 e. The Kier molecular flexibility index (Phi) is 6.57. The molecule has 0 bridgehead atoms. The van der Waals surface area contributed by atoms with Crippen LogP contribution in [-0.2, 0) is 11.3 Å². The number of hydrogen-bond donors (Lipinski definition) is 0. The van der Waals surface area contributed by atoms with E-state index >= 15 is 0 Å². The molecule has 3 fully saturated rings. The molecule has 3 aliphatic rings. The average Bonchev–Trinajstić information content (AvgIpc) is 3.61. The summed E-state index contributed by atoms with van der Waals surface area (Å²) in [5.41, 5.74) is 4.30. The molecule has 3 saturated heterocycles. The Bertz CT molecular complexity index is 1080. The summed E-state index contributed by atoms with van der Waals surface area (Å²) in [5, 5.41) is 4.33. The second-order valence-corrected chi connectivity index (χ2v) is 10.6. The molecule has 0 atom stereocenters. The van der Waals surface area contributed by atoms with Crippen LogP contribution in [0.2, 0.25) is 0 Å². The summed E-state index contributed by atoms with van der Waals surface area (Å²) in [7, 11) is 1.67. The lowest BCUT2D eigenvalue weighted by Gasteiger charge is -2.45. The second-order valence-electron chi connectivity index (χ2n) is 10.6. The number of nitrogens with zero attached hydrogens (tertiary/aromatic N) is 6. The molecule has 4 heterocycles. The number of anilines is 2. The zero-order valence-corrected chi connectivity index (χ0v) is 21.4. The fourth-order valence-electron chi connectivity index (χ4n) is 6.14. The van der Waals surface area contributed by atoms with Crippen LogP contribution in [-0.4, -0.2) is 76.8 Å². The van der Waals surface area contributed by atoms with E-state index < -0.39 is 0 Å². The summed E-state index contributed by atoms with van der Waals surface area (Å²) in [6, 6.07) is 8.67. The van der Waals surface area contributed by atoms with E-state index in [0.29, 0.717) is 5.82 Å². The maximum atomic E-state index is 13.1. The third-order valence-electron chi connectivity index (χ3n) is 8.26. The SMILES string of the molecule is CC(=O)N(C)c1ccn(C(=O)N2CCC3(CCCN3Cc3cc(C)cc(N4CCCC4)c3)CC2)n1. The molecule has 8 heteroatoms. The van der Waals surface area contributed by atoms with E-state index in [9.17, 15) is 9.59 Å². The van der Waals surface area contributed by atoms with Crippen molar-refractivity contribution in [2.24, 2.45) is 0 Å². The van der Waals surface area contributed by atoms with Crippen molar-refractivity contribution in [1.82, 2.24) is 19.6 Å². The molecule has 2 aromatic rings. The number of aromatic nitrogens is 2. The van der Waals surface area contributed by atoms with Crippen molar-refractivity contribution in [2.45, 2.75) is 64.5 Å². The highest BCUT2D eigenvalue weighted by molar-refractivity contribution is 5.90. The first kappa shape index (κ1) is 23.9. The molecule has 5 rings (SSSR count). The smallest absolute Gasteiger partial charge is 0.344 e. The van der Waals surface area contributed by atoms with Gasteiger partial charge in [0.05, 0.1) is 0 Å². The van der Waals surface area contributed by atoms with Gasteiger partial charge in [0.1, 0.15) is 0 Å². The van der Waals surface area contributed by atoms with Crippen LogP contribution < -0.4 is 9.80 Å². The fourth-order valence-corrected chi connectivity index (χ4v) is 6.14. The monoisotopic (exact) mass is 478 g/mol. The Balaban J connectivity index is 1.24. The normalized spacial score (nSPS) is 20.1. The number of carbonyl (C=O) groups is 2. The molecule has 1 aromatic heterocycles. The second kappa shape index (κ2) is 9.64. The van der Waals surface area contributed by atoms with E-state index in [1.807, 2.05) is 4.90 Å². The molecule has 1 spiro atoms. The number of piperidine rings is 1. The number of carbonyl (C=O) groups excluding carboxylic acids is 2. The van der Waals surface area contributed by atoms with Gasteiger partial charge in [-0.3, -0.25) is 14.6 Å². The van der Waals surface area contributed by atoms with Gasteiger partial charge >= 0.3 is 6.03 Å². The molecule has 35 heavy (non-hydrogen) atoms. The first-order valence-corrected chi connectivity index (χ1v) is 13.0. The molecule has 3 aliphatic heterocycles. The van der Waals surface area contributed by atoms with Gasteiger partial charge in [-0.2, -0.15) is 4.68 Å². The van der Waals surface area contributed by atoms with Gasteiger partial charge in [0.15, 0.2) is 5.82 Å². The molecule has 0 aliphatic carbocycles. The van der Waals surface area contributed by atoms with Gasteiger partial charge < -0.3 is 9.80 Å². The predicted molar refractivity (Wildman–Crippen MR) is 138 cm³/mol. The van der Waals surface area contributed by atoms with Crippen LogP contribution in [0.25, 0.3) is 0 Å². The predicted octanol–water partition coefficient (Wildman–Crippen LogP) is 3.87. The lowest BCUT2D eigenvalue weighted by atomic mass is 9.84. The van der Waals surface area contributed by atoms with Crippen LogP contribution in [0.1, 0.15) is 56.6 Å². The standard InChI is InChI=1S/C27H38N6O2/c1-21-17-23(19-24(18-21)30-11-4-5-12-30)20-32-13-6-8-27(32)9-15-31(16-10-27)26(35)33-14-7-25(28-33)29(3)22(2)34/h7,14,17-19H,4-6,8-13,15-16,20H2,1-3H3. The molecule has 0 saturated carbocycles. The Morgan fingerprint density at radius 2 is 1.74 bits per heavy atom. The molecular weight excluding hydrogens is 440 g/mol. The zero-order chi connectivity index (χ0) is 24.6. The molecule has 2 amide bonds. The van der Waals surface area contributed by atoms with E-state index in [-0.39, 0.29) is 17.5 Å². The first-order chi connectivity index (χ1) is 16.8. The van der Waals surface area contributed by atoms with Gasteiger partial charge in [0.2, 0.25) is 5.91 Å². The minimum atomic E-state index is -0.110. The topological polar surface area (TPSA) is 64.9 Å². The van der Waals surface area contributed by atoms with E-state index in [1.165, 1.54) is 72.1 Å². The summed E-state index contributed by atoms with van der Waals surface area (Å²) in [6.07, 6.45) is 8.64. The highest BCUT2D eigenvalue weighted by atomic mass is 16.2. The Morgan fingerprint density at radius 1 is 1.00 bits per heavy atom. The van der Waals surface area contributed by atoms with Crippen molar-refractivity contribution in [2.75, 3.05) is 49.6 Å². The summed E-state index contributed by atoms with van der Waals surface area (Å²) in [6.45, 7) is 9.62. The molecule has 0 N–H and O–H groups in total. The maximum Gasteiger partial charge on any atom is 0.344 e. The summed E-state index contributed by atoms with van der Waals surface area (Å²) in [4.78, 5) is 33.3. The van der Waals surface area contributed by atoms with Gasteiger partial charge in [-0.05, 0) is 75.3 Å². The van der Waals surface area contributed by atoms with Crippen LogP contribution >= 0.6 is 0 Å². The summed E-state index contributed by atoms with van der Waals surface area (Å²) in [5.74, 6) is 0.387. The third kappa shape index (κ3) is 4.81. The highest BCUT2D eigenvalue weighted by Gasteiger charge is 2.44. The van der Waals surface area contributed by atoms with E-state index in [0.717, 1.165) is 39.0 Å². The summed E-state index contributed by atoms with van der Waals surface area (Å²) < 4.78 is 1.37. The zero-order valence-electron chi connectivity index (χ0n) is 21.4. The molecule has 188 valence electrons. The van der Waals surface area contributed by atoms with Crippen molar-refractivity contribution in [1.29, 1.82) is 0 Å². The number of likely N-dealkylation sites (tertiary alicyclic amines) is 2. The number of benzene rings is 1. The number of aryl methyl sites for hydroxylation is 1. The molecule has 1 aromatic carbocycles. The van der Waals surface area contributed by atoms with E-state index in [2.05, 4.69) is 40.0 Å². The van der Waals surface area contributed by atoms with Crippen LogP contribution in [0.15, 0.2) is 30.5 Å². The lowest BCUT2D eigenvalue weighted by molar-refractivity contribution is -0.116. The first-order valence-electron chi connectivity index (χ1n) is 13.0. The summed E-state index contributed by atoms with van der Waals surface area (Å²) >= 11 is 0. The number of rotatable bonds is 4. The molecular formula is C27H38N6O2.